The second kappa shape index (κ2) is 6.72. The predicted octanol–water partition coefficient (Wildman–Crippen LogP) is 2.05. The molecule has 2 aliphatic heterocycles. The fraction of sp³-hybridized carbons (Fsp3) is 0.947. The average molecular weight is 319 g/mol. The Hall–Kier alpha value is -0.610. The van der Waals surface area contributed by atoms with E-state index in [0.717, 1.165) is 44.1 Å². The first-order valence-electron chi connectivity index (χ1n) is 9.95. The van der Waals surface area contributed by atoms with Crippen molar-refractivity contribution in [3.8, 4) is 0 Å². The molecule has 0 aromatic heterocycles. The van der Waals surface area contributed by atoms with Crippen molar-refractivity contribution in [1.82, 2.24) is 14.7 Å². The van der Waals surface area contributed by atoms with Crippen molar-refractivity contribution in [1.29, 1.82) is 0 Å². The van der Waals surface area contributed by atoms with Gasteiger partial charge >= 0.3 is 0 Å². The standard InChI is InChI=1S/C19H33N3O/c1-20-9-5-4-6-15(20)14-21-10-12-22(13-11-21)19(23)18-16-7-2-3-8-17(16)18/h15-18H,2-14H2,1H3/t15-,16-,17+,18?/m1/s1. The lowest BCUT2D eigenvalue weighted by Gasteiger charge is -2.40. The average Bonchev–Trinajstić information content (AvgIpc) is 3.31. The van der Waals surface area contributed by atoms with Crippen molar-refractivity contribution in [2.75, 3.05) is 46.3 Å². The molecule has 0 bridgehead atoms. The molecular formula is C19H33N3O. The van der Waals surface area contributed by atoms with Crippen molar-refractivity contribution in [3.05, 3.63) is 0 Å². The van der Waals surface area contributed by atoms with Gasteiger partial charge in [0.2, 0.25) is 5.91 Å². The van der Waals surface area contributed by atoms with Crippen LogP contribution >= 0.6 is 0 Å². The molecule has 4 aliphatic rings. The minimum Gasteiger partial charge on any atom is -0.340 e. The van der Waals surface area contributed by atoms with Gasteiger partial charge in [0, 0.05) is 44.7 Å². The lowest BCUT2D eigenvalue weighted by Crippen LogP contribution is -2.53. The van der Waals surface area contributed by atoms with Crippen LogP contribution < -0.4 is 0 Å². The van der Waals surface area contributed by atoms with Crippen molar-refractivity contribution < 1.29 is 4.79 Å². The second-order valence-electron chi connectivity index (χ2n) is 8.39. The molecule has 4 fully saturated rings. The third-order valence-corrected chi connectivity index (χ3v) is 7.02. The van der Waals surface area contributed by atoms with Gasteiger partial charge in [0.1, 0.15) is 0 Å². The van der Waals surface area contributed by atoms with Gasteiger partial charge in [-0.05, 0) is 51.1 Å². The summed E-state index contributed by atoms with van der Waals surface area (Å²) in [5.74, 6) is 2.42. The van der Waals surface area contributed by atoms with Crippen LogP contribution in [0.25, 0.3) is 0 Å². The highest BCUT2D eigenvalue weighted by Gasteiger charge is 2.55. The monoisotopic (exact) mass is 319 g/mol. The summed E-state index contributed by atoms with van der Waals surface area (Å²) in [6.07, 6.45) is 9.43. The molecule has 0 aromatic carbocycles. The molecule has 2 saturated heterocycles. The highest BCUT2D eigenvalue weighted by molar-refractivity contribution is 5.82. The van der Waals surface area contributed by atoms with E-state index in [1.165, 1.54) is 58.0 Å². The van der Waals surface area contributed by atoms with E-state index < -0.39 is 0 Å². The Labute approximate surface area is 141 Å². The zero-order chi connectivity index (χ0) is 15.8. The van der Waals surface area contributed by atoms with Gasteiger partial charge < -0.3 is 9.80 Å². The van der Waals surface area contributed by atoms with E-state index in [2.05, 4.69) is 21.7 Å². The molecule has 0 spiro atoms. The first kappa shape index (κ1) is 15.9. The van der Waals surface area contributed by atoms with Gasteiger partial charge in [-0.2, -0.15) is 0 Å². The summed E-state index contributed by atoms with van der Waals surface area (Å²) in [6.45, 7) is 6.55. The summed E-state index contributed by atoms with van der Waals surface area (Å²) < 4.78 is 0. The van der Waals surface area contributed by atoms with Gasteiger partial charge in [-0.3, -0.25) is 9.69 Å². The molecule has 4 atom stereocenters. The van der Waals surface area contributed by atoms with Crippen LogP contribution in [0.3, 0.4) is 0 Å². The summed E-state index contributed by atoms with van der Waals surface area (Å²) in [5.41, 5.74) is 0. The molecule has 0 aromatic rings. The molecule has 4 nitrogen and oxygen atoms in total. The fourth-order valence-corrected chi connectivity index (χ4v) is 5.39. The van der Waals surface area contributed by atoms with Crippen LogP contribution in [0.2, 0.25) is 0 Å². The van der Waals surface area contributed by atoms with Crippen molar-refractivity contribution >= 4 is 5.91 Å². The van der Waals surface area contributed by atoms with Gasteiger partial charge in [0.05, 0.1) is 0 Å². The molecule has 4 rings (SSSR count). The number of rotatable bonds is 3. The smallest absolute Gasteiger partial charge is 0.226 e. The number of fused-ring (bicyclic) bond motifs is 1. The molecule has 0 N–H and O–H groups in total. The van der Waals surface area contributed by atoms with Crippen LogP contribution in [0, 0.1) is 17.8 Å². The van der Waals surface area contributed by atoms with E-state index >= 15 is 0 Å². The number of hydrogen-bond donors (Lipinski definition) is 0. The summed E-state index contributed by atoms with van der Waals surface area (Å²) in [4.78, 5) is 20.1. The van der Waals surface area contributed by atoms with Gasteiger partial charge in [-0.1, -0.05) is 19.3 Å². The van der Waals surface area contributed by atoms with Gasteiger partial charge in [0.25, 0.3) is 0 Å². The topological polar surface area (TPSA) is 26.8 Å². The second-order valence-corrected chi connectivity index (χ2v) is 8.39. The Bertz CT molecular complexity index is 420. The Kier molecular flexibility index (Phi) is 4.64. The molecule has 2 saturated carbocycles. The quantitative estimate of drug-likeness (QED) is 0.796. The maximum absolute atomic E-state index is 12.8. The molecule has 2 heterocycles. The van der Waals surface area contributed by atoms with Crippen molar-refractivity contribution in [3.63, 3.8) is 0 Å². The molecule has 4 heteroatoms. The molecule has 2 aliphatic carbocycles. The Balaban J connectivity index is 1.24. The molecule has 0 radical (unpaired) electrons. The predicted molar refractivity (Wildman–Crippen MR) is 92.2 cm³/mol. The Morgan fingerprint density at radius 2 is 1.52 bits per heavy atom. The maximum Gasteiger partial charge on any atom is 0.226 e. The number of carbonyl (C=O) groups is 1. The number of nitrogens with zero attached hydrogens (tertiary/aromatic N) is 3. The van der Waals surface area contributed by atoms with Crippen LogP contribution in [0.5, 0.6) is 0 Å². The summed E-state index contributed by atoms with van der Waals surface area (Å²) >= 11 is 0. The third kappa shape index (κ3) is 3.30. The number of amides is 1. The number of piperidine rings is 1. The van der Waals surface area contributed by atoms with E-state index in [1.807, 2.05) is 0 Å². The van der Waals surface area contributed by atoms with Crippen LogP contribution in [0.4, 0.5) is 0 Å². The zero-order valence-corrected chi connectivity index (χ0v) is 14.8. The lowest BCUT2D eigenvalue weighted by atomic mass is 10.0. The van der Waals surface area contributed by atoms with E-state index in [9.17, 15) is 4.79 Å². The number of hydrogen-bond acceptors (Lipinski definition) is 3. The highest BCUT2D eigenvalue weighted by atomic mass is 16.2. The third-order valence-electron chi connectivity index (χ3n) is 7.02. The molecule has 1 amide bonds. The number of likely N-dealkylation sites (tertiary alicyclic amines) is 1. The SMILES string of the molecule is CN1CCCC[C@@H]1CN1CCN(C(=O)C2[C@H]3CCCC[C@@H]23)CC1. The first-order chi connectivity index (χ1) is 11.2. The van der Waals surface area contributed by atoms with E-state index in [1.54, 1.807) is 0 Å². The van der Waals surface area contributed by atoms with Crippen LogP contribution in [-0.4, -0.2) is 73.0 Å². The highest BCUT2D eigenvalue weighted by Crippen LogP contribution is 2.56. The molecule has 1 unspecified atom stereocenters. The summed E-state index contributed by atoms with van der Waals surface area (Å²) in [6, 6.07) is 0.734. The minimum atomic E-state index is 0.411. The molecule has 23 heavy (non-hydrogen) atoms. The van der Waals surface area contributed by atoms with E-state index in [-0.39, 0.29) is 0 Å². The first-order valence-corrected chi connectivity index (χ1v) is 9.95. The maximum atomic E-state index is 12.8. The number of carbonyl (C=O) groups excluding carboxylic acids is 1. The van der Waals surface area contributed by atoms with Gasteiger partial charge in [-0.25, -0.2) is 0 Å². The van der Waals surface area contributed by atoms with Crippen molar-refractivity contribution in [2.24, 2.45) is 17.8 Å². The number of piperazine rings is 1. The molecular weight excluding hydrogens is 286 g/mol. The van der Waals surface area contributed by atoms with E-state index in [4.69, 9.17) is 0 Å². The largest absolute Gasteiger partial charge is 0.340 e. The summed E-state index contributed by atoms with van der Waals surface area (Å²) in [7, 11) is 2.28. The van der Waals surface area contributed by atoms with Crippen LogP contribution in [0.1, 0.15) is 44.9 Å². The number of likely N-dealkylation sites (N-methyl/N-ethyl adjacent to an activating group) is 1. The van der Waals surface area contributed by atoms with Crippen molar-refractivity contribution in [2.45, 2.75) is 51.0 Å². The fourth-order valence-electron chi connectivity index (χ4n) is 5.39. The van der Waals surface area contributed by atoms with Gasteiger partial charge in [-0.15, -0.1) is 0 Å². The van der Waals surface area contributed by atoms with Gasteiger partial charge in [0.15, 0.2) is 0 Å². The summed E-state index contributed by atoms with van der Waals surface area (Å²) in [5, 5.41) is 0. The van der Waals surface area contributed by atoms with Crippen LogP contribution in [0.15, 0.2) is 0 Å². The Morgan fingerprint density at radius 3 is 2.17 bits per heavy atom. The van der Waals surface area contributed by atoms with Crippen LogP contribution in [-0.2, 0) is 4.79 Å². The minimum absolute atomic E-state index is 0.411. The zero-order valence-electron chi connectivity index (χ0n) is 14.8. The normalized spacial score (nSPS) is 39.1. The Morgan fingerprint density at radius 1 is 0.870 bits per heavy atom. The lowest BCUT2D eigenvalue weighted by molar-refractivity contribution is -0.135. The molecule has 130 valence electrons. The van der Waals surface area contributed by atoms with E-state index in [0.29, 0.717) is 11.8 Å².